The molecule has 0 N–H and O–H groups in total. The maximum absolute atomic E-state index is 12.3. The molecule has 4 heteroatoms. The van der Waals surface area contributed by atoms with E-state index >= 15 is 0 Å². The first-order chi connectivity index (χ1) is 10.2. The van der Waals surface area contributed by atoms with E-state index in [4.69, 9.17) is 9.47 Å². The summed E-state index contributed by atoms with van der Waals surface area (Å²) in [6.07, 6.45) is 1.33. The first-order valence-electron chi connectivity index (χ1n) is 6.40. The van der Waals surface area contributed by atoms with E-state index in [-0.39, 0.29) is 11.5 Å². The van der Waals surface area contributed by atoms with E-state index in [9.17, 15) is 9.59 Å². The predicted molar refractivity (Wildman–Crippen MR) is 77.2 cm³/mol. The van der Waals surface area contributed by atoms with Crippen LogP contribution in [-0.4, -0.2) is 18.9 Å². The number of hydrogen-bond acceptors (Lipinski definition) is 4. The van der Waals surface area contributed by atoms with Crippen molar-refractivity contribution in [3.8, 4) is 5.75 Å². The Kier molecular flexibility index (Phi) is 3.28. The van der Waals surface area contributed by atoms with Gasteiger partial charge >= 0.3 is 5.97 Å². The third-order valence-corrected chi connectivity index (χ3v) is 3.23. The first kappa shape index (κ1) is 13.1. The maximum Gasteiger partial charge on any atom is 0.344 e. The number of fused-ring (bicyclic) bond motifs is 1. The number of allylic oxidation sites excluding steroid dienone is 1. The van der Waals surface area contributed by atoms with Crippen LogP contribution < -0.4 is 4.74 Å². The lowest BCUT2D eigenvalue weighted by atomic mass is 10.1. The average molecular weight is 280 g/mol. The molecule has 2 aromatic rings. The number of carbonyl (C=O) groups is 2. The zero-order valence-corrected chi connectivity index (χ0v) is 11.3. The standard InChI is InChI=1S/C17H12O4/c1-20-12-6-4-5-11(9-12)15(18)10-16-13-7-2-3-8-14(13)17(19)21-16/h2-10H,1H3/b16-10+. The molecule has 0 amide bonds. The van der Waals surface area contributed by atoms with E-state index in [1.807, 2.05) is 0 Å². The molecule has 4 nitrogen and oxygen atoms in total. The Morgan fingerprint density at radius 1 is 1.10 bits per heavy atom. The van der Waals surface area contributed by atoms with Gasteiger partial charge in [-0.25, -0.2) is 4.79 Å². The molecule has 0 radical (unpaired) electrons. The van der Waals surface area contributed by atoms with Crippen molar-refractivity contribution in [1.82, 2.24) is 0 Å². The lowest BCUT2D eigenvalue weighted by molar-refractivity contribution is 0.0715. The summed E-state index contributed by atoms with van der Waals surface area (Å²) in [6, 6.07) is 13.8. The molecular weight excluding hydrogens is 268 g/mol. The van der Waals surface area contributed by atoms with E-state index in [1.54, 1.807) is 48.5 Å². The fraction of sp³-hybridized carbons (Fsp3) is 0.0588. The lowest BCUT2D eigenvalue weighted by Gasteiger charge is -2.02. The van der Waals surface area contributed by atoms with Crippen LogP contribution in [0.15, 0.2) is 54.6 Å². The van der Waals surface area contributed by atoms with E-state index in [1.165, 1.54) is 13.2 Å². The molecule has 0 saturated carbocycles. The molecule has 0 spiro atoms. The monoisotopic (exact) mass is 280 g/mol. The quantitative estimate of drug-likeness (QED) is 0.492. The number of benzene rings is 2. The zero-order chi connectivity index (χ0) is 14.8. The third kappa shape index (κ3) is 2.43. The van der Waals surface area contributed by atoms with Crippen molar-refractivity contribution in [1.29, 1.82) is 0 Å². The van der Waals surface area contributed by atoms with Crippen molar-refractivity contribution in [2.24, 2.45) is 0 Å². The minimum absolute atomic E-state index is 0.242. The Balaban J connectivity index is 1.96. The summed E-state index contributed by atoms with van der Waals surface area (Å²) >= 11 is 0. The molecular formula is C17H12O4. The number of carbonyl (C=O) groups excluding carboxylic acids is 2. The molecule has 0 aliphatic carbocycles. The Morgan fingerprint density at radius 2 is 1.86 bits per heavy atom. The van der Waals surface area contributed by atoms with Gasteiger partial charge in [0.15, 0.2) is 5.78 Å². The second-order valence-corrected chi connectivity index (χ2v) is 4.54. The number of esters is 1. The van der Waals surface area contributed by atoms with Gasteiger partial charge in [0, 0.05) is 17.2 Å². The van der Waals surface area contributed by atoms with Crippen LogP contribution >= 0.6 is 0 Å². The second-order valence-electron chi connectivity index (χ2n) is 4.54. The summed E-state index contributed by atoms with van der Waals surface area (Å²) in [7, 11) is 1.54. The van der Waals surface area contributed by atoms with Crippen LogP contribution in [0.4, 0.5) is 0 Å². The van der Waals surface area contributed by atoms with Crippen molar-refractivity contribution in [3.63, 3.8) is 0 Å². The molecule has 104 valence electrons. The van der Waals surface area contributed by atoms with Crippen molar-refractivity contribution >= 4 is 17.5 Å². The largest absolute Gasteiger partial charge is 0.497 e. The van der Waals surface area contributed by atoms with E-state index in [0.29, 0.717) is 22.4 Å². The highest BCUT2D eigenvalue weighted by atomic mass is 16.5. The molecule has 3 rings (SSSR count). The van der Waals surface area contributed by atoms with Gasteiger partial charge in [-0.05, 0) is 18.2 Å². The van der Waals surface area contributed by atoms with Gasteiger partial charge in [0.05, 0.1) is 12.7 Å². The SMILES string of the molecule is COc1cccc(C(=O)/C=C2/OC(=O)c3ccccc32)c1. The van der Waals surface area contributed by atoms with Gasteiger partial charge in [0.1, 0.15) is 11.5 Å². The Bertz CT molecular complexity index is 759. The van der Waals surface area contributed by atoms with Crippen molar-refractivity contribution in [2.45, 2.75) is 0 Å². The topological polar surface area (TPSA) is 52.6 Å². The second kappa shape index (κ2) is 5.25. The van der Waals surface area contributed by atoms with E-state index < -0.39 is 5.97 Å². The van der Waals surface area contributed by atoms with Gasteiger partial charge in [-0.2, -0.15) is 0 Å². The summed E-state index contributed by atoms with van der Waals surface area (Å²) in [5, 5.41) is 0. The summed E-state index contributed by atoms with van der Waals surface area (Å²) in [5.74, 6) is 0.204. The zero-order valence-electron chi connectivity index (χ0n) is 11.3. The normalized spacial score (nSPS) is 14.7. The smallest absolute Gasteiger partial charge is 0.344 e. The van der Waals surface area contributed by atoms with E-state index in [2.05, 4.69) is 0 Å². The summed E-state index contributed by atoms with van der Waals surface area (Å²) < 4.78 is 10.2. The molecule has 0 unspecified atom stereocenters. The molecule has 0 fully saturated rings. The third-order valence-electron chi connectivity index (χ3n) is 3.23. The lowest BCUT2D eigenvalue weighted by Crippen LogP contribution is -1.97. The number of cyclic esters (lactones) is 1. The summed E-state index contributed by atoms with van der Waals surface area (Å²) in [6.45, 7) is 0. The molecule has 0 atom stereocenters. The summed E-state index contributed by atoms with van der Waals surface area (Å²) in [4.78, 5) is 24.0. The molecule has 1 heterocycles. The highest BCUT2D eigenvalue weighted by Crippen LogP contribution is 2.29. The fourth-order valence-corrected chi connectivity index (χ4v) is 2.17. The number of rotatable bonds is 3. The molecule has 21 heavy (non-hydrogen) atoms. The van der Waals surface area contributed by atoms with Crippen LogP contribution in [0.1, 0.15) is 26.3 Å². The Hall–Kier alpha value is -2.88. The first-order valence-corrected chi connectivity index (χ1v) is 6.40. The maximum atomic E-state index is 12.3. The van der Waals surface area contributed by atoms with Crippen LogP contribution in [0.2, 0.25) is 0 Å². The fourth-order valence-electron chi connectivity index (χ4n) is 2.17. The van der Waals surface area contributed by atoms with Crippen molar-refractivity contribution in [2.75, 3.05) is 7.11 Å². The van der Waals surface area contributed by atoms with Crippen LogP contribution in [0, 0.1) is 0 Å². The molecule has 0 aromatic heterocycles. The number of ketones is 1. The van der Waals surface area contributed by atoms with Crippen LogP contribution in [-0.2, 0) is 4.74 Å². The average Bonchev–Trinajstić information content (AvgIpc) is 2.84. The number of ether oxygens (including phenoxy) is 2. The van der Waals surface area contributed by atoms with Gasteiger partial charge < -0.3 is 9.47 Å². The Morgan fingerprint density at radius 3 is 2.62 bits per heavy atom. The van der Waals surface area contributed by atoms with Gasteiger partial charge in [-0.3, -0.25) is 4.79 Å². The van der Waals surface area contributed by atoms with Gasteiger partial charge in [-0.1, -0.05) is 30.3 Å². The molecule has 1 aliphatic heterocycles. The van der Waals surface area contributed by atoms with Crippen LogP contribution in [0.5, 0.6) is 5.75 Å². The van der Waals surface area contributed by atoms with E-state index in [0.717, 1.165) is 0 Å². The van der Waals surface area contributed by atoms with Gasteiger partial charge in [-0.15, -0.1) is 0 Å². The van der Waals surface area contributed by atoms with Gasteiger partial charge in [0.25, 0.3) is 0 Å². The highest BCUT2D eigenvalue weighted by molar-refractivity contribution is 6.12. The molecule has 0 saturated heterocycles. The molecule has 1 aliphatic rings. The summed E-state index contributed by atoms with van der Waals surface area (Å²) in [5.41, 5.74) is 1.59. The van der Waals surface area contributed by atoms with Crippen LogP contribution in [0.25, 0.3) is 5.76 Å². The van der Waals surface area contributed by atoms with Gasteiger partial charge in [0.2, 0.25) is 0 Å². The highest BCUT2D eigenvalue weighted by Gasteiger charge is 2.26. The Labute approximate surface area is 121 Å². The number of hydrogen-bond donors (Lipinski definition) is 0. The molecule has 0 bridgehead atoms. The van der Waals surface area contributed by atoms with Crippen molar-refractivity contribution < 1.29 is 19.1 Å². The predicted octanol–water partition coefficient (Wildman–Crippen LogP) is 3.09. The van der Waals surface area contributed by atoms with Crippen LogP contribution in [0.3, 0.4) is 0 Å². The molecule has 2 aromatic carbocycles. The minimum atomic E-state index is -0.435. The van der Waals surface area contributed by atoms with Crippen molar-refractivity contribution in [3.05, 3.63) is 71.3 Å². The minimum Gasteiger partial charge on any atom is -0.497 e. The number of methoxy groups -OCH3 is 1.